The van der Waals surface area contributed by atoms with Crippen molar-refractivity contribution in [2.24, 2.45) is 0 Å². The van der Waals surface area contributed by atoms with Crippen molar-refractivity contribution >= 4 is 46.9 Å². The van der Waals surface area contributed by atoms with Crippen LogP contribution in [0.1, 0.15) is 36.2 Å². The standard InChI is InChI=1S/C34H32FN3O4S/c1-3-31(34(41)37-29-16-9-8-15-28(29)35)43-27-14-10-13-25(22-27)36-33(40)30(38-32(39)24-11-6-5-7-12-24)21-23-17-19-26(20-18-23)42-4-2/h5-22,31H,3-4H2,1-2H3,(H,36,40)(H,37,41)(H,38,39)/b30-21+. The van der Waals surface area contributed by atoms with Crippen LogP contribution in [0, 0.1) is 5.82 Å². The van der Waals surface area contributed by atoms with Crippen LogP contribution in [0.3, 0.4) is 0 Å². The molecule has 220 valence electrons. The van der Waals surface area contributed by atoms with Gasteiger partial charge in [-0.1, -0.05) is 55.5 Å². The molecule has 3 N–H and O–H groups in total. The highest BCUT2D eigenvalue weighted by Crippen LogP contribution is 2.29. The van der Waals surface area contributed by atoms with Crippen molar-refractivity contribution < 1.29 is 23.5 Å². The molecule has 43 heavy (non-hydrogen) atoms. The molecule has 3 amide bonds. The van der Waals surface area contributed by atoms with Crippen molar-refractivity contribution in [2.45, 2.75) is 30.4 Å². The van der Waals surface area contributed by atoms with Gasteiger partial charge in [-0.2, -0.15) is 0 Å². The summed E-state index contributed by atoms with van der Waals surface area (Å²) < 4.78 is 19.5. The van der Waals surface area contributed by atoms with E-state index in [4.69, 9.17) is 4.74 Å². The summed E-state index contributed by atoms with van der Waals surface area (Å²) in [6.07, 6.45) is 2.09. The van der Waals surface area contributed by atoms with E-state index < -0.39 is 22.9 Å². The normalized spacial score (nSPS) is 11.7. The number of anilines is 2. The Morgan fingerprint density at radius 3 is 2.28 bits per heavy atom. The minimum atomic E-state index is -0.523. The SMILES string of the molecule is CCOc1ccc(/C=C(/NC(=O)c2ccccc2)C(=O)Nc2cccc(SC(CC)C(=O)Nc3ccccc3F)c2)cc1. The lowest BCUT2D eigenvalue weighted by atomic mass is 10.1. The van der Waals surface area contributed by atoms with Gasteiger partial charge < -0.3 is 20.7 Å². The van der Waals surface area contributed by atoms with Gasteiger partial charge >= 0.3 is 0 Å². The Kier molecular flexibility index (Phi) is 11.1. The second-order valence-corrected chi connectivity index (χ2v) is 10.6. The molecule has 0 spiro atoms. The number of ether oxygens (including phenoxy) is 1. The first-order chi connectivity index (χ1) is 20.9. The highest BCUT2D eigenvalue weighted by molar-refractivity contribution is 8.00. The van der Waals surface area contributed by atoms with Crippen LogP contribution in [0.25, 0.3) is 6.08 Å². The molecule has 4 aromatic rings. The number of para-hydroxylation sites is 1. The number of amides is 3. The summed E-state index contributed by atoms with van der Waals surface area (Å²) in [5.74, 6) is -1.08. The third-order valence-corrected chi connectivity index (χ3v) is 7.55. The van der Waals surface area contributed by atoms with Crippen LogP contribution < -0.4 is 20.7 Å². The summed E-state index contributed by atoms with van der Waals surface area (Å²) in [6.45, 7) is 4.30. The first kappa shape index (κ1) is 31.1. The molecule has 0 aliphatic rings. The Balaban J connectivity index is 1.51. The van der Waals surface area contributed by atoms with E-state index in [0.717, 1.165) is 4.90 Å². The van der Waals surface area contributed by atoms with Gasteiger partial charge in [-0.05, 0) is 79.6 Å². The minimum Gasteiger partial charge on any atom is -0.494 e. The maximum absolute atomic E-state index is 14.0. The van der Waals surface area contributed by atoms with E-state index in [2.05, 4.69) is 16.0 Å². The van der Waals surface area contributed by atoms with Crippen molar-refractivity contribution in [2.75, 3.05) is 17.2 Å². The van der Waals surface area contributed by atoms with Gasteiger partial charge in [0.05, 0.1) is 17.5 Å². The van der Waals surface area contributed by atoms with E-state index in [9.17, 15) is 18.8 Å². The first-order valence-electron chi connectivity index (χ1n) is 13.8. The molecular weight excluding hydrogens is 565 g/mol. The van der Waals surface area contributed by atoms with Gasteiger partial charge in [0.2, 0.25) is 5.91 Å². The van der Waals surface area contributed by atoms with Crippen LogP contribution in [-0.2, 0) is 9.59 Å². The van der Waals surface area contributed by atoms with E-state index in [1.54, 1.807) is 91.0 Å². The number of rotatable bonds is 12. The fourth-order valence-electron chi connectivity index (χ4n) is 4.04. The number of carbonyl (C=O) groups excluding carboxylic acids is 3. The number of hydrogen-bond acceptors (Lipinski definition) is 5. The molecule has 4 aromatic carbocycles. The molecule has 0 saturated carbocycles. The van der Waals surface area contributed by atoms with Gasteiger partial charge in [0.25, 0.3) is 11.8 Å². The van der Waals surface area contributed by atoms with Gasteiger partial charge in [0.1, 0.15) is 17.3 Å². The molecule has 0 aliphatic heterocycles. The number of thioether (sulfide) groups is 1. The van der Waals surface area contributed by atoms with Gasteiger partial charge in [0.15, 0.2) is 0 Å². The van der Waals surface area contributed by atoms with Gasteiger partial charge in [-0.15, -0.1) is 11.8 Å². The maximum atomic E-state index is 14.0. The zero-order valence-electron chi connectivity index (χ0n) is 23.8. The molecule has 0 fully saturated rings. The molecule has 0 heterocycles. The Hall–Kier alpha value is -4.89. The molecule has 0 aliphatic carbocycles. The lowest BCUT2D eigenvalue weighted by molar-refractivity contribution is -0.116. The van der Waals surface area contributed by atoms with Crippen LogP contribution >= 0.6 is 11.8 Å². The third-order valence-electron chi connectivity index (χ3n) is 6.20. The van der Waals surface area contributed by atoms with E-state index in [1.165, 1.54) is 23.9 Å². The molecule has 0 saturated heterocycles. The van der Waals surface area contributed by atoms with E-state index in [0.29, 0.717) is 35.6 Å². The highest BCUT2D eigenvalue weighted by Gasteiger charge is 2.20. The van der Waals surface area contributed by atoms with Crippen molar-refractivity contribution in [1.29, 1.82) is 0 Å². The number of carbonyl (C=O) groups is 3. The second-order valence-electron chi connectivity index (χ2n) is 9.35. The van der Waals surface area contributed by atoms with Crippen LogP contribution in [0.4, 0.5) is 15.8 Å². The summed E-state index contributed by atoms with van der Waals surface area (Å²) in [6, 6.07) is 28.8. The molecule has 7 nitrogen and oxygen atoms in total. The predicted octanol–water partition coefficient (Wildman–Crippen LogP) is 7.14. The summed E-state index contributed by atoms with van der Waals surface area (Å²) in [5.41, 5.74) is 1.75. The fourth-order valence-corrected chi connectivity index (χ4v) is 5.06. The van der Waals surface area contributed by atoms with Crippen LogP contribution in [0.2, 0.25) is 0 Å². The number of halogens is 1. The van der Waals surface area contributed by atoms with Crippen LogP contribution in [0.5, 0.6) is 5.75 Å². The molecule has 9 heteroatoms. The quantitative estimate of drug-likeness (QED) is 0.119. The summed E-state index contributed by atoms with van der Waals surface area (Å²) in [5, 5.41) is 7.73. The smallest absolute Gasteiger partial charge is 0.272 e. The maximum Gasteiger partial charge on any atom is 0.272 e. The zero-order valence-corrected chi connectivity index (χ0v) is 24.6. The average Bonchev–Trinajstić information content (AvgIpc) is 3.02. The van der Waals surface area contributed by atoms with Crippen molar-refractivity contribution in [3.05, 3.63) is 126 Å². The lowest BCUT2D eigenvalue weighted by Gasteiger charge is -2.16. The van der Waals surface area contributed by atoms with E-state index in [1.807, 2.05) is 19.9 Å². The van der Waals surface area contributed by atoms with Crippen molar-refractivity contribution in [3.8, 4) is 5.75 Å². The first-order valence-corrected chi connectivity index (χ1v) is 14.7. The Morgan fingerprint density at radius 1 is 0.860 bits per heavy atom. The molecule has 4 rings (SSSR count). The lowest BCUT2D eigenvalue weighted by Crippen LogP contribution is -2.30. The molecule has 0 aromatic heterocycles. The Labute approximate surface area is 254 Å². The topological polar surface area (TPSA) is 96.5 Å². The Bertz CT molecular complexity index is 1590. The van der Waals surface area contributed by atoms with E-state index >= 15 is 0 Å². The molecule has 1 unspecified atom stereocenters. The predicted molar refractivity (Wildman–Crippen MR) is 170 cm³/mol. The zero-order chi connectivity index (χ0) is 30.6. The number of nitrogens with one attached hydrogen (secondary N) is 3. The van der Waals surface area contributed by atoms with Crippen molar-refractivity contribution in [1.82, 2.24) is 5.32 Å². The average molecular weight is 598 g/mol. The highest BCUT2D eigenvalue weighted by atomic mass is 32.2. The second kappa shape index (κ2) is 15.4. The monoisotopic (exact) mass is 597 g/mol. The van der Waals surface area contributed by atoms with Crippen molar-refractivity contribution in [3.63, 3.8) is 0 Å². The van der Waals surface area contributed by atoms with Crippen LogP contribution in [-0.4, -0.2) is 29.6 Å². The molecule has 0 bridgehead atoms. The van der Waals surface area contributed by atoms with Crippen LogP contribution in [0.15, 0.2) is 114 Å². The molecule has 1 atom stereocenters. The third kappa shape index (κ3) is 9.05. The number of hydrogen-bond donors (Lipinski definition) is 3. The number of benzene rings is 4. The fraction of sp³-hybridized carbons (Fsp3) is 0.147. The van der Waals surface area contributed by atoms with E-state index in [-0.39, 0.29) is 17.3 Å². The van der Waals surface area contributed by atoms with Gasteiger partial charge in [-0.3, -0.25) is 14.4 Å². The summed E-state index contributed by atoms with van der Waals surface area (Å²) >= 11 is 1.31. The molecular formula is C34H32FN3O4S. The summed E-state index contributed by atoms with van der Waals surface area (Å²) in [4.78, 5) is 40.0. The largest absolute Gasteiger partial charge is 0.494 e. The summed E-state index contributed by atoms with van der Waals surface area (Å²) in [7, 11) is 0. The van der Waals surface area contributed by atoms with Gasteiger partial charge in [-0.25, -0.2) is 4.39 Å². The van der Waals surface area contributed by atoms with Gasteiger partial charge in [0, 0.05) is 16.1 Å². The Morgan fingerprint density at radius 2 is 1.58 bits per heavy atom. The minimum absolute atomic E-state index is 0.0479. The molecule has 0 radical (unpaired) electrons.